The third-order valence-corrected chi connectivity index (χ3v) is 3.62. The van der Waals surface area contributed by atoms with Crippen LogP contribution in [0.4, 0.5) is 0 Å². The van der Waals surface area contributed by atoms with E-state index in [0.29, 0.717) is 0 Å². The van der Waals surface area contributed by atoms with Gasteiger partial charge in [-0.05, 0) is 35.9 Å². The Morgan fingerprint density at radius 2 is 2.28 bits per heavy atom. The molecule has 1 aromatic carbocycles. The monoisotopic (exact) mass is 263 g/mol. The van der Waals surface area contributed by atoms with Gasteiger partial charge in [-0.15, -0.1) is 0 Å². The molecule has 0 aliphatic carbocycles. The third kappa shape index (κ3) is 2.61. The van der Waals surface area contributed by atoms with Gasteiger partial charge < -0.3 is 15.5 Å². The van der Waals surface area contributed by atoms with E-state index in [2.05, 4.69) is 28.2 Å². The van der Waals surface area contributed by atoms with Gasteiger partial charge in [0.25, 0.3) is 0 Å². The molecule has 0 aliphatic heterocycles. The topological polar surface area (TPSA) is 63.5 Å². The van der Waals surface area contributed by atoms with E-state index >= 15 is 0 Å². The maximum absolute atomic E-state index is 8.71. The molecule has 1 heterocycles. The lowest BCUT2D eigenvalue weighted by Crippen LogP contribution is -2.13. The number of rotatable bonds is 5. The van der Waals surface area contributed by atoms with Crippen molar-refractivity contribution in [3.63, 3.8) is 0 Å². The normalized spacial score (nSPS) is 12.2. The first kappa shape index (κ1) is 12.8. The number of aromatic nitrogens is 1. The van der Waals surface area contributed by atoms with E-state index in [-0.39, 0.29) is 5.84 Å². The summed E-state index contributed by atoms with van der Waals surface area (Å²) in [6, 6.07) is 7.91. The van der Waals surface area contributed by atoms with Crippen LogP contribution in [0.25, 0.3) is 10.9 Å². The van der Waals surface area contributed by atoms with E-state index in [9.17, 15) is 0 Å². The molecule has 18 heavy (non-hydrogen) atoms. The Morgan fingerprint density at radius 3 is 3.00 bits per heavy atom. The summed E-state index contributed by atoms with van der Waals surface area (Å²) < 4.78 is 2.21. The first-order valence-electron chi connectivity index (χ1n) is 5.82. The Labute approximate surface area is 110 Å². The van der Waals surface area contributed by atoms with Gasteiger partial charge in [-0.2, -0.15) is 11.8 Å². The molecule has 5 heteroatoms. The Balaban J connectivity index is 2.31. The van der Waals surface area contributed by atoms with Crippen LogP contribution in [-0.4, -0.2) is 27.6 Å². The molecule has 0 fully saturated rings. The number of amidine groups is 1. The van der Waals surface area contributed by atoms with Crippen molar-refractivity contribution in [2.45, 2.75) is 13.0 Å². The largest absolute Gasteiger partial charge is 0.409 e. The minimum absolute atomic E-state index is 0.147. The van der Waals surface area contributed by atoms with Crippen LogP contribution < -0.4 is 5.73 Å². The zero-order chi connectivity index (χ0) is 13.0. The number of oxime groups is 1. The second-order valence-corrected chi connectivity index (χ2v) is 5.10. The van der Waals surface area contributed by atoms with Gasteiger partial charge in [0.05, 0.1) is 0 Å². The Morgan fingerprint density at radius 1 is 1.44 bits per heavy atom. The van der Waals surface area contributed by atoms with Crippen molar-refractivity contribution in [1.82, 2.24) is 4.57 Å². The summed E-state index contributed by atoms with van der Waals surface area (Å²) in [6.07, 6.45) is 5.34. The fourth-order valence-corrected chi connectivity index (χ4v) is 2.39. The van der Waals surface area contributed by atoms with Crippen molar-refractivity contribution in [1.29, 1.82) is 0 Å². The molecular formula is C13H17N3OS. The number of nitrogens with two attached hydrogens (primary N) is 1. The number of nitrogens with zero attached hydrogens (tertiary/aromatic N) is 2. The molecule has 2 aromatic rings. The van der Waals surface area contributed by atoms with Crippen molar-refractivity contribution < 1.29 is 5.21 Å². The average molecular weight is 263 g/mol. The van der Waals surface area contributed by atoms with E-state index in [0.717, 1.165) is 29.8 Å². The first-order valence-corrected chi connectivity index (χ1v) is 7.21. The molecule has 0 radical (unpaired) electrons. The number of aryl methyl sites for hydroxylation is 1. The Hall–Kier alpha value is -1.62. The highest BCUT2D eigenvalue weighted by molar-refractivity contribution is 7.98. The summed E-state index contributed by atoms with van der Waals surface area (Å²) in [7, 11) is 0. The van der Waals surface area contributed by atoms with Crippen molar-refractivity contribution in [2.75, 3.05) is 12.0 Å². The molecule has 0 bridgehead atoms. The highest BCUT2D eigenvalue weighted by Crippen LogP contribution is 2.18. The smallest absolute Gasteiger partial charge is 0.170 e. The van der Waals surface area contributed by atoms with E-state index in [4.69, 9.17) is 10.9 Å². The van der Waals surface area contributed by atoms with Gasteiger partial charge >= 0.3 is 0 Å². The molecule has 1 aromatic heterocycles. The van der Waals surface area contributed by atoms with Gasteiger partial charge in [0, 0.05) is 23.8 Å². The highest BCUT2D eigenvalue weighted by atomic mass is 32.2. The van der Waals surface area contributed by atoms with Crippen LogP contribution >= 0.6 is 11.8 Å². The molecule has 0 amide bonds. The summed E-state index contributed by atoms with van der Waals surface area (Å²) in [5, 5.41) is 12.9. The van der Waals surface area contributed by atoms with E-state index < -0.39 is 0 Å². The lowest BCUT2D eigenvalue weighted by atomic mass is 10.1. The molecule has 96 valence electrons. The number of benzene rings is 1. The Bertz CT molecular complexity index is 562. The number of hydrogen-bond acceptors (Lipinski definition) is 3. The predicted octanol–water partition coefficient (Wildman–Crippen LogP) is 2.49. The van der Waals surface area contributed by atoms with Gasteiger partial charge in [0.1, 0.15) is 0 Å². The number of hydrogen-bond donors (Lipinski definition) is 2. The zero-order valence-corrected chi connectivity index (χ0v) is 11.2. The quantitative estimate of drug-likeness (QED) is 0.286. The van der Waals surface area contributed by atoms with Crippen LogP contribution in [0.3, 0.4) is 0 Å². The van der Waals surface area contributed by atoms with Crippen LogP contribution in [0.2, 0.25) is 0 Å². The second-order valence-electron chi connectivity index (χ2n) is 4.11. The highest BCUT2D eigenvalue weighted by Gasteiger charge is 2.05. The minimum Gasteiger partial charge on any atom is -0.409 e. The van der Waals surface area contributed by atoms with Crippen LogP contribution in [0.5, 0.6) is 0 Å². The van der Waals surface area contributed by atoms with Crippen molar-refractivity contribution in [3.05, 3.63) is 36.0 Å². The summed E-state index contributed by atoms with van der Waals surface area (Å²) >= 11 is 1.86. The molecule has 3 N–H and O–H groups in total. The molecule has 2 rings (SSSR count). The molecule has 0 aliphatic rings. The maximum Gasteiger partial charge on any atom is 0.170 e. The lowest BCUT2D eigenvalue weighted by Gasteiger charge is -2.06. The van der Waals surface area contributed by atoms with Gasteiger partial charge in [-0.25, -0.2) is 0 Å². The maximum atomic E-state index is 8.71. The van der Waals surface area contributed by atoms with Crippen LogP contribution in [0.15, 0.2) is 35.6 Å². The van der Waals surface area contributed by atoms with E-state index in [1.54, 1.807) is 0 Å². The molecule has 0 spiro atoms. The number of thioether (sulfide) groups is 1. The van der Waals surface area contributed by atoms with Gasteiger partial charge in [-0.1, -0.05) is 17.3 Å². The molecule has 0 saturated heterocycles. The molecular weight excluding hydrogens is 246 g/mol. The van der Waals surface area contributed by atoms with Crippen molar-refractivity contribution >= 4 is 28.5 Å². The summed E-state index contributed by atoms with van der Waals surface area (Å²) in [5.74, 6) is 1.30. The third-order valence-electron chi connectivity index (χ3n) is 2.92. The molecule has 0 saturated carbocycles. The molecule has 0 unspecified atom stereocenters. The zero-order valence-electron chi connectivity index (χ0n) is 10.3. The molecule has 0 atom stereocenters. The lowest BCUT2D eigenvalue weighted by molar-refractivity contribution is 0.318. The minimum atomic E-state index is 0.147. The second kappa shape index (κ2) is 5.82. The van der Waals surface area contributed by atoms with E-state index in [1.807, 2.05) is 30.0 Å². The Kier molecular flexibility index (Phi) is 4.15. The standard InChI is InChI=1S/C13H17N3OS/c1-18-8-2-6-16-7-5-10-3-4-11(9-12(10)16)13(14)15-17/h3-5,7,9,17H,2,6,8H2,1H3,(H2,14,15). The fourth-order valence-electron chi connectivity index (χ4n) is 1.98. The van der Waals surface area contributed by atoms with Crippen LogP contribution in [0, 0.1) is 0 Å². The summed E-state index contributed by atoms with van der Waals surface area (Å²) in [5.41, 5.74) is 7.48. The van der Waals surface area contributed by atoms with Gasteiger partial charge in [0.15, 0.2) is 5.84 Å². The summed E-state index contributed by atoms with van der Waals surface area (Å²) in [4.78, 5) is 0. The molecule has 4 nitrogen and oxygen atoms in total. The number of fused-ring (bicyclic) bond motifs is 1. The van der Waals surface area contributed by atoms with E-state index in [1.165, 1.54) is 5.39 Å². The van der Waals surface area contributed by atoms with Crippen LogP contribution in [-0.2, 0) is 6.54 Å². The average Bonchev–Trinajstić information content (AvgIpc) is 2.81. The van der Waals surface area contributed by atoms with Crippen LogP contribution in [0.1, 0.15) is 12.0 Å². The van der Waals surface area contributed by atoms with Crippen molar-refractivity contribution in [3.8, 4) is 0 Å². The SMILES string of the molecule is CSCCCn1ccc2ccc(/C(N)=N/O)cc21. The first-order chi connectivity index (χ1) is 8.76. The summed E-state index contributed by atoms with van der Waals surface area (Å²) in [6.45, 7) is 0.990. The van der Waals surface area contributed by atoms with Crippen molar-refractivity contribution in [2.24, 2.45) is 10.9 Å². The fraction of sp³-hybridized carbons (Fsp3) is 0.308. The van der Waals surface area contributed by atoms with Gasteiger partial charge in [-0.3, -0.25) is 0 Å². The predicted molar refractivity (Wildman–Crippen MR) is 77.4 cm³/mol. The van der Waals surface area contributed by atoms with Gasteiger partial charge in [0.2, 0.25) is 0 Å².